The zero-order valence-electron chi connectivity index (χ0n) is 8.42. The average Bonchev–Trinajstić information content (AvgIpc) is 2.26. The van der Waals surface area contributed by atoms with E-state index in [1.807, 2.05) is 6.92 Å². The zero-order valence-corrected chi connectivity index (χ0v) is 9.93. The number of benzene rings is 1. The van der Waals surface area contributed by atoms with Gasteiger partial charge >= 0.3 is 51.4 Å². The number of aromatic amines is 1. The second kappa shape index (κ2) is 6.47. The molecule has 0 aliphatic heterocycles. The van der Waals surface area contributed by atoms with Gasteiger partial charge in [0.2, 0.25) is 0 Å². The third-order valence-electron chi connectivity index (χ3n) is 2.26. The number of nitrogens with zero attached hydrogens (tertiary/aromatic N) is 1. The maximum absolute atomic E-state index is 10.9. The molecule has 0 atom stereocenters. The second-order valence-electron chi connectivity index (χ2n) is 3.37. The zero-order chi connectivity index (χ0) is 11.7. The Bertz CT molecular complexity index is 555. The van der Waals surface area contributed by atoms with Crippen LogP contribution in [-0.4, -0.2) is 61.6 Å². The second-order valence-corrected chi connectivity index (χ2v) is 4.19. The summed E-state index contributed by atoms with van der Waals surface area (Å²) >= 11 is 12.0. The molecule has 6 heteroatoms. The standard InChI is InChI=1S/C11H8Cl2N2O.K.H/c1-6-8(12)4-7(5-9(6)13)10-2-3-11(16)15-14-10;;/h2-5H,1H3,(H,15,16);;. The summed E-state index contributed by atoms with van der Waals surface area (Å²) in [6, 6.07) is 6.56. The van der Waals surface area contributed by atoms with Crippen LogP contribution in [0.2, 0.25) is 10.0 Å². The Kier molecular flexibility index (Phi) is 5.85. The molecule has 1 N–H and O–H groups in total. The number of rotatable bonds is 1. The van der Waals surface area contributed by atoms with Gasteiger partial charge in [0.05, 0.1) is 5.69 Å². The molecule has 0 amide bonds. The van der Waals surface area contributed by atoms with Gasteiger partial charge in [0.1, 0.15) is 0 Å². The van der Waals surface area contributed by atoms with Crippen molar-refractivity contribution >= 4 is 74.6 Å². The predicted molar refractivity (Wildman–Crippen MR) is 72.2 cm³/mol. The molecule has 0 bridgehead atoms. The van der Waals surface area contributed by atoms with Crippen LogP contribution >= 0.6 is 23.2 Å². The van der Waals surface area contributed by atoms with Gasteiger partial charge in [0.15, 0.2) is 0 Å². The van der Waals surface area contributed by atoms with Crippen molar-refractivity contribution in [2.45, 2.75) is 6.92 Å². The Balaban J connectivity index is 0.00000144. The van der Waals surface area contributed by atoms with E-state index >= 15 is 0 Å². The van der Waals surface area contributed by atoms with Crippen molar-refractivity contribution in [2.75, 3.05) is 0 Å². The molecule has 2 aromatic rings. The van der Waals surface area contributed by atoms with Crippen molar-refractivity contribution in [1.82, 2.24) is 10.2 Å². The summed E-state index contributed by atoms with van der Waals surface area (Å²) < 4.78 is 0. The first kappa shape index (κ1) is 15.4. The molecular weight excluding hydrogens is 286 g/mol. The van der Waals surface area contributed by atoms with Gasteiger partial charge in [0.25, 0.3) is 5.56 Å². The third kappa shape index (κ3) is 3.64. The first-order chi connectivity index (χ1) is 7.58. The monoisotopic (exact) mass is 294 g/mol. The number of H-pyrrole nitrogens is 1. The molecule has 1 aromatic heterocycles. The van der Waals surface area contributed by atoms with E-state index in [0.29, 0.717) is 15.7 Å². The summed E-state index contributed by atoms with van der Waals surface area (Å²) in [6.07, 6.45) is 0. The molecule has 0 fully saturated rings. The molecule has 2 rings (SSSR count). The van der Waals surface area contributed by atoms with Crippen LogP contribution < -0.4 is 5.56 Å². The number of hydrogen-bond donors (Lipinski definition) is 1. The fraction of sp³-hybridized carbons (Fsp3) is 0.0909. The third-order valence-corrected chi connectivity index (χ3v) is 3.04. The van der Waals surface area contributed by atoms with E-state index in [4.69, 9.17) is 23.2 Å². The maximum atomic E-state index is 10.9. The van der Waals surface area contributed by atoms with Gasteiger partial charge in [0, 0.05) is 21.7 Å². The molecule has 3 nitrogen and oxygen atoms in total. The summed E-state index contributed by atoms with van der Waals surface area (Å²) in [5, 5.41) is 7.42. The van der Waals surface area contributed by atoms with E-state index in [-0.39, 0.29) is 56.9 Å². The van der Waals surface area contributed by atoms with Crippen molar-refractivity contribution < 1.29 is 0 Å². The van der Waals surface area contributed by atoms with Crippen LogP contribution in [0.25, 0.3) is 11.3 Å². The Morgan fingerprint density at radius 3 is 2.24 bits per heavy atom. The van der Waals surface area contributed by atoms with E-state index in [1.54, 1.807) is 18.2 Å². The molecule has 17 heavy (non-hydrogen) atoms. The van der Waals surface area contributed by atoms with Gasteiger partial charge in [-0.1, -0.05) is 23.2 Å². The average molecular weight is 295 g/mol. The van der Waals surface area contributed by atoms with Gasteiger partial charge in [-0.25, -0.2) is 5.10 Å². The molecule has 1 heterocycles. The van der Waals surface area contributed by atoms with Crippen molar-refractivity contribution in [3.05, 3.63) is 50.2 Å². The van der Waals surface area contributed by atoms with Crippen molar-refractivity contribution in [2.24, 2.45) is 0 Å². The molecule has 0 aliphatic rings. The van der Waals surface area contributed by atoms with Crippen molar-refractivity contribution in [3.63, 3.8) is 0 Å². The number of aromatic nitrogens is 2. The topological polar surface area (TPSA) is 45.8 Å². The Labute approximate surface area is 151 Å². The minimum absolute atomic E-state index is 0. The molecule has 1 aromatic carbocycles. The Hall–Kier alpha value is 0.316. The first-order valence-corrected chi connectivity index (χ1v) is 5.35. The van der Waals surface area contributed by atoms with Gasteiger partial charge < -0.3 is 0 Å². The summed E-state index contributed by atoms with van der Waals surface area (Å²) in [6.45, 7) is 1.84. The van der Waals surface area contributed by atoms with Crippen LogP contribution in [0.3, 0.4) is 0 Å². The van der Waals surface area contributed by atoms with E-state index in [9.17, 15) is 4.79 Å². The minimum atomic E-state index is -0.243. The van der Waals surface area contributed by atoms with E-state index in [1.165, 1.54) is 6.07 Å². The SMILES string of the molecule is Cc1c(Cl)cc(-c2ccc(=O)[nH]n2)cc1Cl.[KH]. The van der Waals surface area contributed by atoms with E-state index in [0.717, 1.165) is 11.1 Å². The summed E-state index contributed by atoms with van der Waals surface area (Å²) in [7, 11) is 0. The summed E-state index contributed by atoms with van der Waals surface area (Å²) in [5.74, 6) is 0. The van der Waals surface area contributed by atoms with Crippen LogP contribution in [0.1, 0.15) is 5.56 Å². The molecule has 0 saturated heterocycles. The van der Waals surface area contributed by atoms with Crippen LogP contribution in [0.4, 0.5) is 0 Å². The van der Waals surface area contributed by atoms with Gasteiger partial charge in [-0.15, -0.1) is 0 Å². The van der Waals surface area contributed by atoms with E-state index < -0.39 is 0 Å². The molecule has 0 radical (unpaired) electrons. The summed E-state index contributed by atoms with van der Waals surface area (Å²) in [4.78, 5) is 10.9. The number of halogens is 2. The summed E-state index contributed by atoms with van der Waals surface area (Å²) in [5.41, 5.74) is 1.99. The van der Waals surface area contributed by atoms with Crippen LogP contribution in [0.5, 0.6) is 0 Å². The van der Waals surface area contributed by atoms with Crippen LogP contribution in [0.15, 0.2) is 29.1 Å². The molecule has 0 spiro atoms. The number of nitrogens with one attached hydrogen (secondary N) is 1. The van der Waals surface area contributed by atoms with Gasteiger partial charge in [-0.05, 0) is 30.7 Å². The predicted octanol–water partition coefficient (Wildman–Crippen LogP) is 2.40. The fourth-order valence-corrected chi connectivity index (χ4v) is 1.79. The van der Waals surface area contributed by atoms with Crippen LogP contribution in [0, 0.1) is 6.92 Å². The van der Waals surface area contributed by atoms with E-state index in [2.05, 4.69) is 10.2 Å². The molecule has 84 valence electrons. The Morgan fingerprint density at radius 2 is 1.76 bits per heavy atom. The Morgan fingerprint density at radius 1 is 1.18 bits per heavy atom. The van der Waals surface area contributed by atoms with Crippen molar-refractivity contribution in [1.29, 1.82) is 0 Å². The van der Waals surface area contributed by atoms with Gasteiger partial charge in [-0.3, -0.25) is 4.79 Å². The van der Waals surface area contributed by atoms with Gasteiger partial charge in [-0.2, -0.15) is 5.10 Å². The molecular formula is C11H9Cl2KN2O. The van der Waals surface area contributed by atoms with Crippen molar-refractivity contribution in [3.8, 4) is 11.3 Å². The van der Waals surface area contributed by atoms with Crippen LogP contribution in [-0.2, 0) is 0 Å². The molecule has 0 unspecified atom stereocenters. The number of hydrogen-bond acceptors (Lipinski definition) is 2. The first-order valence-electron chi connectivity index (χ1n) is 4.59. The molecule has 0 aliphatic carbocycles. The quantitative estimate of drug-likeness (QED) is 0.821. The molecule has 0 saturated carbocycles. The normalized spacial score (nSPS) is 9.82. The fourth-order valence-electron chi connectivity index (χ4n) is 1.30.